The van der Waals surface area contributed by atoms with Gasteiger partial charge in [0.15, 0.2) is 0 Å². The highest BCUT2D eigenvalue weighted by Crippen LogP contribution is 2.28. The van der Waals surface area contributed by atoms with Gasteiger partial charge >= 0.3 is 0 Å². The van der Waals surface area contributed by atoms with E-state index in [1.54, 1.807) is 23.1 Å². The lowest BCUT2D eigenvalue weighted by atomic mass is 9.95. The monoisotopic (exact) mass is 488 g/mol. The number of benzene rings is 2. The van der Waals surface area contributed by atoms with E-state index in [4.69, 9.17) is 23.2 Å². The topological polar surface area (TPSA) is 49.4 Å². The first-order chi connectivity index (χ1) is 15.9. The minimum absolute atomic E-state index is 0.0720. The third kappa shape index (κ3) is 7.22. The molecule has 1 saturated carbocycles. The van der Waals surface area contributed by atoms with Gasteiger partial charge in [-0.15, -0.1) is 0 Å². The highest BCUT2D eigenvalue weighted by Gasteiger charge is 2.31. The minimum atomic E-state index is -0.565. The molecule has 2 aromatic rings. The molecule has 3 rings (SSSR count). The van der Waals surface area contributed by atoms with Gasteiger partial charge in [-0.3, -0.25) is 9.59 Å². The lowest BCUT2D eigenvalue weighted by Crippen LogP contribution is -2.51. The molecule has 4 nitrogen and oxygen atoms in total. The van der Waals surface area contributed by atoms with Crippen LogP contribution in [-0.2, 0) is 22.6 Å². The zero-order valence-electron chi connectivity index (χ0n) is 19.6. The van der Waals surface area contributed by atoms with E-state index >= 15 is 0 Å². The Morgan fingerprint density at radius 3 is 2.27 bits per heavy atom. The standard InChI is InChI=1S/C27H34Cl2N2O2/c1-3-25(27(33)30-21-8-5-4-6-9-21)31(18-22-23(28)10-7-11-24(22)29)26(32)17-16-20-14-12-19(2)13-15-20/h7,10-15,21,25H,3-6,8-9,16-18H2,1-2H3,(H,30,33)/t25-/m1/s1. The number of rotatable bonds is 9. The fourth-order valence-electron chi connectivity index (χ4n) is 4.47. The highest BCUT2D eigenvalue weighted by atomic mass is 35.5. The quantitative estimate of drug-likeness (QED) is 0.438. The van der Waals surface area contributed by atoms with Crippen molar-refractivity contribution in [3.63, 3.8) is 0 Å². The molecule has 0 saturated heterocycles. The van der Waals surface area contributed by atoms with Crippen molar-refractivity contribution in [1.29, 1.82) is 0 Å². The van der Waals surface area contributed by atoms with Gasteiger partial charge in [0.2, 0.25) is 11.8 Å². The van der Waals surface area contributed by atoms with Crippen LogP contribution in [0.1, 0.15) is 68.6 Å². The molecule has 0 bridgehead atoms. The van der Waals surface area contributed by atoms with Crippen molar-refractivity contribution >= 4 is 35.0 Å². The molecule has 6 heteroatoms. The molecule has 1 N–H and O–H groups in total. The average molecular weight is 489 g/mol. The molecule has 178 valence electrons. The smallest absolute Gasteiger partial charge is 0.243 e. The van der Waals surface area contributed by atoms with Crippen molar-refractivity contribution in [1.82, 2.24) is 10.2 Å². The van der Waals surface area contributed by atoms with Gasteiger partial charge < -0.3 is 10.2 Å². The summed E-state index contributed by atoms with van der Waals surface area (Å²) in [6.45, 7) is 4.20. The predicted molar refractivity (Wildman–Crippen MR) is 136 cm³/mol. The maximum absolute atomic E-state index is 13.5. The minimum Gasteiger partial charge on any atom is -0.352 e. The number of carbonyl (C=O) groups is 2. The van der Waals surface area contributed by atoms with Crippen molar-refractivity contribution in [2.45, 2.75) is 83.8 Å². The first-order valence-corrected chi connectivity index (χ1v) is 12.7. The van der Waals surface area contributed by atoms with E-state index < -0.39 is 6.04 Å². The summed E-state index contributed by atoms with van der Waals surface area (Å²) >= 11 is 12.9. The Balaban J connectivity index is 1.79. The number of amides is 2. The number of hydrogen-bond donors (Lipinski definition) is 1. The van der Waals surface area contributed by atoms with Crippen molar-refractivity contribution in [2.24, 2.45) is 0 Å². The van der Waals surface area contributed by atoms with Crippen molar-refractivity contribution in [2.75, 3.05) is 0 Å². The number of hydrogen-bond acceptors (Lipinski definition) is 2. The van der Waals surface area contributed by atoms with E-state index in [0.29, 0.717) is 34.9 Å². The zero-order chi connectivity index (χ0) is 23.8. The molecule has 0 heterocycles. The van der Waals surface area contributed by atoms with Crippen LogP contribution in [0.2, 0.25) is 10.0 Å². The van der Waals surface area contributed by atoms with Crippen LogP contribution in [-0.4, -0.2) is 28.8 Å². The summed E-state index contributed by atoms with van der Waals surface area (Å²) in [5, 5.41) is 4.20. The summed E-state index contributed by atoms with van der Waals surface area (Å²) < 4.78 is 0. The molecule has 0 aliphatic heterocycles. The predicted octanol–water partition coefficient (Wildman–Crippen LogP) is 6.49. The van der Waals surface area contributed by atoms with Gasteiger partial charge in [0.25, 0.3) is 0 Å². The van der Waals surface area contributed by atoms with E-state index in [0.717, 1.165) is 31.2 Å². The fourth-order valence-corrected chi connectivity index (χ4v) is 4.98. The van der Waals surface area contributed by atoms with E-state index in [-0.39, 0.29) is 24.4 Å². The lowest BCUT2D eigenvalue weighted by Gasteiger charge is -2.33. The van der Waals surface area contributed by atoms with Gasteiger partial charge in [0, 0.05) is 34.6 Å². The molecule has 1 atom stereocenters. The Morgan fingerprint density at radius 2 is 1.67 bits per heavy atom. The summed E-state index contributed by atoms with van der Waals surface area (Å²) in [6.07, 6.45) is 6.95. The van der Waals surface area contributed by atoms with E-state index in [1.165, 1.54) is 12.0 Å². The Hall–Kier alpha value is -2.04. The van der Waals surface area contributed by atoms with Crippen LogP contribution in [0.5, 0.6) is 0 Å². The van der Waals surface area contributed by atoms with Gasteiger partial charge in [-0.25, -0.2) is 0 Å². The second-order valence-electron chi connectivity index (χ2n) is 8.98. The number of nitrogens with zero attached hydrogens (tertiary/aromatic N) is 1. The number of halogens is 2. The van der Waals surface area contributed by atoms with Crippen molar-refractivity contribution < 1.29 is 9.59 Å². The fraction of sp³-hybridized carbons (Fsp3) is 0.481. The molecule has 1 aliphatic rings. The van der Waals surface area contributed by atoms with Gasteiger partial charge in [0.1, 0.15) is 6.04 Å². The summed E-state index contributed by atoms with van der Waals surface area (Å²) in [5.41, 5.74) is 2.96. The van der Waals surface area contributed by atoms with E-state index in [2.05, 4.69) is 5.32 Å². The van der Waals surface area contributed by atoms with Gasteiger partial charge in [-0.1, -0.05) is 85.3 Å². The van der Waals surface area contributed by atoms with Crippen molar-refractivity contribution in [3.8, 4) is 0 Å². The molecular weight excluding hydrogens is 455 g/mol. The van der Waals surface area contributed by atoms with E-state index in [1.807, 2.05) is 38.1 Å². The van der Waals surface area contributed by atoms with Gasteiger partial charge in [-0.2, -0.15) is 0 Å². The number of carbonyl (C=O) groups excluding carboxylic acids is 2. The molecule has 1 fully saturated rings. The number of aryl methyl sites for hydroxylation is 2. The van der Waals surface area contributed by atoms with Crippen LogP contribution in [0.3, 0.4) is 0 Å². The van der Waals surface area contributed by atoms with Crippen LogP contribution in [0, 0.1) is 6.92 Å². The van der Waals surface area contributed by atoms with Crippen molar-refractivity contribution in [3.05, 3.63) is 69.2 Å². The molecule has 0 spiro atoms. The first kappa shape index (κ1) is 25.6. The Bertz CT molecular complexity index is 919. The Labute approximate surface area is 207 Å². The van der Waals surface area contributed by atoms with Gasteiger partial charge in [-0.05, 0) is 50.3 Å². The lowest BCUT2D eigenvalue weighted by molar-refractivity contribution is -0.141. The zero-order valence-corrected chi connectivity index (χ0v) is 21.1. The summed E-state index contributed by atoms with van der Waals surface area (Å²) in [5.74, 6) is -0.159. The summed E-state index contributed by atoms with van der Waals surface area (Å²) in [4.78, 5) is 28.4. The SMILES string of the molecule is CC[C@H](C(=O)NC1CCCCC1)N(Cc1c(Cl)cccc1Cl)C(=O)CCc1ccc(C)cc1. The average Bonchev–Trinajstić information content (AvgIpc) is 2.81. The van der Waals surface area contributed by atoms with Crippen LogP contribution < -0.4 is 5.32 Å². The highest BCUT2D eigenvalue weighted by molar-refractivity contribution is 6.36. The van der Waals surface area contributed by atoms with Gasteiger partial charge in [0.05, 0.1) is 0 Å². The maximum atomic E-state index is 13.5. The third-order valence-electron chi connectivity index (χ3n) is 6.48. The van der Waals surface area contributed by atoms with Crippen LogP contribution in [0.4, 0.5) is 0 Å². The second kappa shape index (κ2) is 12.4. The molecule has 33 heavy (non-hydrogen) atoms. The number of nitrogens with one attached hydrogen (secondary N) is 1. The van der Waals surface area contributed by atoms with Crippen LogP contribution in [0.25, 0.3) is 0 Å². The Kier molecular flexibility index (Phi) is 9.64. The molecule has 2 amide bonds. The maximum Gasteiger partial charge on any atom is 0.243 e. The first-order valence-electron chi connectivity index (χ1n) is 12.0. The summed E-state index contributed by atoms with van der Waals surface area (Å²) in [7, 11) is 0. The molecular formula is C27H34Cl2N2O2. The van der Waals surface area contributed by atoms with E-state index in [9.17, 15) is 9.59 Å². The molecule has 0 radical (unpaired) electrons. The van der Waals surface area contributed by atoms with Crippen LogP contribution >= 0.6 is 23.2 Å². The normalized spacial score (nSPS) is 15.2. The molecule has 2 aromatic carbocycles. The molecule has 0 aromatic heterocycles. The second-order valence-corrected chi connectivity index (χ2v) is 9.79. The molecule has 0 unspecified atom stereocenters. The summed E-state index contributed by atoms with van der Waals surface area (Å²) in [6, 6.07) is 13.1. The Morgan fingerprint density at radius 1 is 1.03 bits per heavy atom. The largest absolute Gasteiger partial charge is 0.352 e. The molecule has 1 aliphatic carbocycles. The third-order valence-corrected chi connectivity index (χ3v) is 7.18. The van der Waals surface area contributed by atoms with Crippen LogP contribution in [0.15, 0.2) is 42.5 Å².